The molecule has 0 saturated carbocycles. The van der Waals surface area contributed by atoms with Gasteiger partial charge in [0.15, 0.2) is 9.84 Å². The molecule has 0 radical (unpaired) electrons. The number of nitrogens with zero attached hydrogens (tertiary/aromatic N) is 1. The van der Waals surface area contributed by atoms with Gasteiger partial charge in [-0.25, -0.2) is 8.42 Å². The number of hydrogen-bond donors (Lipinski definition) is 1. The van der Waals surface area contributed by atoms with E-state index < -0.39 is 9.84 Å². The van der Waals surface area contributed by atoms with Crippen molar-refractivity contribution in [1.82, 2.24) is 10.2 Å². The SMILES string of the molecule is COC(=O)CCN(CC(=O)NC1CCS(=O)(=O)C1)CC(C)C. The van der Waals surface area contributed by atoms with Crippen molar-refractivity contribution in [2.75, 3.05) is 38.2 Å². The largest absolute Gasteiger partial charge is 0.469 e. The van der Waals surface area contributed by atoms with Crippen LogP contribution in [-0.2, 0) is 24.2 Å². The van der Waals surface area contributed by atoms with Gasteiger partial charge in [-0.1, -0.05) is 13.8 Å². The van der Waals surface area contributed by atoms with E-state index in [2.05, 4.69) is 10.1 Å². The molecule has 1 N–H and O–H groups in total. The van der Waals surface area contributed by atoms with Crippen LogP contribution in [0.1, 0.15) is 26.7 Å². The van der Waals surface area contributed by atoms with Crippen molar-refractivity contribution < 1.29 is 22.7 Å². The molecule has 7 nitrogen and oxygen atoms in total. The minimum absolute atomic E-state index is 0.0189. The number of hydrogen-bond acceptors (Lipinski definition) is 6. The summed E-state index contributed by atoms with van der Waals surface area (Å²) in [5, 5.41) is 2.76. The summed E-state index contributed by atoms with van der Waals surface area (Å²) in [5.41, 5.74) is 0. The second-order valence-electron chi connectivity index (χ2n) is 6.12. The summed E-state index contributed by atoms with van der Waals surface area (Å²) in [5.74, 6) is 0.00197. The van der Waals surface area contributed by atoms with Crippen LogP contribution in [0.2, 0.25) is 0 Å². The van der Waals surface area contributed by atoms with E-state index in [9.17, 15) is 18.0 Å². The predicted molar refractivity (Wildman–Crippen MR) is 83.1 cm³/mol. The van der Waals surface area contributed by atoms with Gasteiger partial charge in [-0.05, 0) is 12.3 Å². The average molecular weight is 334 g/mol. The molecule has 0 aromatic heterocycles. The first-order chi connectivity index (χ1) is 10.2. The summed E-state index contributed by atoms with van der Waals surface area (Å²) >= 11 is 0. The van der Waals surface area contributed by atoms with Crippen LogP contribution in [-0.4, -0.2) is 69.5 Å². The van der Waals surface area contributed by atoms with Crippen molar-refractivity contribution >= 4 is 21.7 Å². The van der Waals surface area contributed by atoms with E-state index in [0.29, 0.717) is 25.4 Å². The third kappa shape index (κ3) is 7.22. The molecule has 8 heteroatoms. The Labute approximate surface area is 132 Å². The number of amides is 1. The number of carbonyl (C=O) groups is 2. The minimum Gasteiger partial charge on any atom is -0.469 e. The lowest BCUT2D eigenvalue weighted by Gasteiger charge is -2.24. The van der Waals surface area contributed by atoms with Crippen molar-refractivity contribution in [2.24, 2.45) is 5.92 Å². The summed E-state index contributed by atoms with van der Waals surface area (Å²) in [6.07, 6.45) is 0.703. The Morgan fingerprint density at radius 2 is 2.05 bits per heavy atom. The maximum absolute atomic E-state index is 12.1. The molecule has 1 aliphatic heterocycles. The van der Waals surface area contributed by atoms with E-state index in [1.807, 2.05) is 18.7 Å². The Balaban J connectivity index is 2.46. The van der Waals surface area contributed by atoms with E-state index in [-0.39, 0.29) is 42.4 Å². The molecule has 0 bridgehead atoms. The molecule has 0 aromatic rings. The number of methoxy groups -OCH3 is 1. The average Bonchev–Trinajstić information content (AvgIpc) is 2.73. The smallest absolute Gasteiger partial charge is 0.306 e. The van der Waals surface area contributed by atoms with Crippen LogP contribution in [0.15, 0.2) is 0 Å². The Kier molecular flexibility index (Phi) is 7.28. The molecule has 1 heterocycles. The molecule has 1 unspecified atom stereocenters. The Hall–Kier alpha value is -1.15. The molecule has 22 heavy (non-hydrogen) atoms. The molecule has 128 valence electrons. The van der Waals surface area contributed by atoms with Crippen molar-refractivity contribution in [3.8, 4) is 0 Å². The molecule has 1 atom stereocenters. The molecule has 1 saturated heterocycles. The van der Waals surface area contributed by atoms with Gasteiger partial charge in [0.25, 0.3) is 0 Å². The van der Waals surface area contributed by atoms with Gasteiger partial charge in [0.2, 0.25) is 5.91 Å². The molecule has 0 spiro atoms. The second kappa shape index (κ2) is 8.47. The first-order valence-electron chi connectivity index (χ1n) is 7.51. The molecule has 1 amide bonds. The zero-order chi connectivity index (χ0) is 16.8. The van der Waals surface area contributed by atoms with Gasteiger partial charge in [-0.2, -0.15) is 0 Å². The van der Waals surface area contributed by atoms with Crippen LogP contribution in [0.4, 0.5) is 0 Å². The van der Waals surface area contributed by atoms with E-state index in [1.54, 1.807) is 0 Å². The number of rotatable bonds is 8. The van der Waals surface area contributed by atoms with E-state index in [0.717, 1.165) is 0 Å². The lowest BCUT2D eigenvalue weighted by Crippen LogP contribution is -2.44. The molecule has 1 aliphatic rings. The lowest BCUT2D eigenvalue weighted by atomic mass is 10.2. The first kappa shape index (κ1) is 18.9. The number of nitrogens with one attached hydrogen (secondary N) is 1. The highest BCUT2D eigenvalue weighted by molar-refractivity contribution is 7.91. The van der Waals surface area contributed by atoms with Crippen molar-refractivity contribution in [3.63, 3.8) is 0 Å². The number of ether oxygens (including phenoxy) is 1. The van der Waals surface area contributed by atoms with Gasteiger partial charge in [0.05, 0.1) is 31.6 Å². The molecule has 0 aliphatic carbocycles. The normalized spacial score (nSPS) is 20.3. The highest BCUT2D eigenvalue weighted by atomic mass is 32.2. The standard InChI is InChI=1S/C14H26N2O5S/c1-11(2)8-16(6-4-14(18)21-3)9-13(17)15-12-5-7-22(19,20)10-12/h11-12H,4-10H2,1-3H3,(H,15,17). The first-order valence-corrected chi connectivity index (χ1v) is 9.33. The van der Waals surface area contributed by atoms with Gasteiger partial charge in [0.1, 0.15) is 0 Å². The summed E-state index contributed by atoms with van der Waals surface area (Å²) in [6.45, 7) is 5.36. The third-order valence-corrected chi connectivity index (χ3v) is 5.22. The quantitative estimate of drug-likeness (QED) is 0.619. The monoisotopic (exact) mass is 334 g/mol. The molecular formula is C14H26N2O5S. The lowest BCUT2D eigenvalue weighted by molar-refractivity contribution is -0.141. The van der Waals surface area contributed by atoms with Crippen molar-refractivity contribution in [1.29, 1.82) is 0 Å². The fraction of sp³-hybridized carbons (Fsp3) is 0.857. The summed E-state index contributed by atoms with van der Waals surface area (Å²) < 4.78 is 27.4. The minimum atomic E-state index is -3.00. The van der Waals surface area contributed by atoms with Gasteiger partial charge >= 0.3 is 5.97 Å². The topological polar surface area (TPSA) is 92.8 Å². The highest BCUT2D eigenvalue weighted by Crippen LogP contribution is 2.11. The molecule has 1 rings (SSSR count). The summed E-state index contributed by atoms with van der Waals surface area (Å²) in [4.78, 5) is 25.2. The van der Waals surface area contributed by atoms with Crippen LogP contribution in [0.3, 0.4) is 0 Å². The zero-order valence-electron chi connectivity index (χ0n) is 13.5. The van der Waals surface area contributed by atoms with Crippen LogP contribution < -0.4 is 5.32 Å². The molecule has 0 aromatic carbocycles. The van der Waals surface area contributed by atoms with Gasteiger partial charge in [0, 0.05) is 19.1 Å². The highest BCUT2D eigenvalue weighted by Gasteiger charge is 2.29. The summed E-state index contributed by atoms with van der Waals surface area (Å²) in [7, 11) is -1.67. The fourth-order valence-corrected chi connectivity index (χ4v) is 4.16. The van der Waals surface area contributed by atoms with Crippen molar-refractivity contribution in [2.45, 2.75) is 32.7 Å². The van der Waals surface area contributed by atoms with Crippen LogP contribution in [0.5, 0.6) is 0 Å². The fourth-order valence-electron chi connectivity index (χ4n) is 2.49. The van der Waals surface area contributed by atoms with E-state index >= 15 is 0 Å². The zero-order valence-corrected chi connectivity index (χ0v) is 14.3. The second-order valence-corrected chi connectivity index (χ2v) is 8.35. The maximum atomic E-state index is 12.1. The maximum Gasteiger partial charge on any atom is 0.306 e. The van der Waals surface area contributed by atoms with Crippen LogP contribution in [0, 0.1) is 5.92 Å². The van der Waals surface area contributed by atoms with Crippen LogP contribution in [0.25, 0.3) is 0 Å². The number of sulfone groups is 1. The number of carbonyl (C=O) groups excluding carboxylic acids is 2. The van der Waals surface area contributed by atoms with Gasteiger partial charge in [-0.15, -0.1) is 0 Å². The number of esters is 1. The van der Waals surface area contributed by atoms with E-state index in [4.69, 9.17) is 0 Å². The Morgan fingerprint density at radius 3 is 2.55 bits per heavy atom. The Bertz CT molecular complexity index is 489. The van der Waals surface area contributed by atoms with Gasteiger partial charge in [-0.3, -0.25) is 14.5 Å². The van der Waals surface area contributed by atoms with Crippen molar-refractivity contribution in [3.05, 3.63) is 0 Å². The van der Waals surface area contributed by atoms with E-state index in [1.165, 1.54) is 7.11 Å². The Morgan fingerprint density at radius 1 is 1.36 bits per heavy atom. The van der Waals surface area contributed by atoms with Crippen LogP contribution >= 0.6 is 0 Å². The third-order valence-electron chi connectivity index (χ3n) is 3.45. The molecular weight excluding hydrogens is 308 g/mol. The predicted octanol–water partition coefficient (Wildman–Crippen LogP) is -0.189. The summed E-state index contributed by atoms with van der Waals surface area (Å²) in [6, 6.07) is -0.293. The molecule has 1 fully saturated rings. The van der Waals surface area contributed by atoms with Gasteiger partial charge < -0.3 is 10.1 Å².